The summed E-state index contributed by atoms with van der Waals surface area (Å²) in [7, 11) is 1.67. The SMILES string of the molecule is C/C(=C\[C@H](C(C)C)N(C)C(=O)[C@@H](NC(=O)[C@H]1CCCCN1)C(C)(C)C)C(=O)O. The molecule has 160 valence electrons. The first kappa shape index (κ1) is 24.1. The van der Waals surface area contributed by atoms with Gasteiger partial charge >= 0.3 is 5.97 Å². The zero-order valence-electron chi connectivity index (χ0n) is 18.3. The molecular weight excluding hydrogens is 358 g/mol. The summed E-state index contributed by atoms with van der Waals surface area (Å²) in [6, 6.07) is -1.35. The van der Waals surface area contributed by atoms with E-state index in [1.807, 2.05) is 34.6 Å². The Labute approximate surface area is 168 Å². The Bertz CT molecular complexity index is 601. The number of carboxylic acid groups (broad SMARTS) is 1. The first-order valence-corrected chi connectivity index (χ1v) is 10.1. The molecule has 0 aromatic carbocycles. The molecule has 1 aliphatic rings. The fourth-order valence-corrected chi connectivity index (χ4v) is 3.40. The highest BCUT2D eigenvalue weighted by Gasteiger charge is 2.38. The Morgan fingerprint density at radius 2 is 1.82 bits per heavy atom. The van der Waals surface area contributed by atoms with Crippen LogP contribution in [0.4, 0.5) is 0 Å². The molecule has 1 heterocycles. The Morgan fingerprint density at radius 3 is 2.25 bits per heavy atom. The second-order valence-electron chi connectivity index (χ2n) is 9.15. The van der Waals surface area contributed by atoms with Crippen LogP contribution in [0.1, 0.15) is 60.8 Å². The third kappa shape index (κ3) is 6.62. The molecule has 1 saturated heterocycles. The minimum atomic E-state index is -1.00. The number of piperidine rings is 1. The molecule has 0 unspecified atom stereocenters. The van der Waals surface area contributed by atoms with E-state index in [0.29, 0.717) is 0 Å². The average molecular weight is 396 g/mol. The van der Waals surface area contributed by atoms with Crippen molar-refractivity contribution in [2.75, 3.05) is 13.6 Å². The smallest absolute Gasteiger partial charge is 0.331 e. The number of nitrogens with one attached hydrogen (secondary N) is 2. The maximum Gasteiger partial charge on any atom is 0.331 e. The van der Waals surface area contributed by atoms with Gasteiger partial charge in [0.2, 0.25) is 11.8 Å². The van der Waals surface area contributed by atoms with Crippen LogP contribution in [0, 0.1) is 11.3 Å². The molecule has 1 fully saturated rings. The van der Waals surface area contributed by atoms with Crippen LogP contribution in [-0.4, -0.2) is 59.5 Å². The van der Waals surface area contributed by atoms with Gasteiger partial charge in [-0.1, -0.05) is 47.1 Å². The van der Waals surface area contributed by atoms with Crippen LogP contribution in [0.5, 0.6) is 0 Å². The first-order chi connectivity index (χ1) is 12.9. The molecular formula is C21H37N3O4. The van der Waals surface area contributed by atoms with E-state index in [1.165, 1.54) is 6.92 Å². The number of carbonyl (C=O) groups excluding carboxylic acids is 2. The summed E-state index contributed by atoms with van der Waals surface area (Å²) in [5.74, 6) is -1.35. The van der Waals surface area contributed by atoms with Crippen molar-refractivity contribution in [1.29, 1.82) is 0 Å². The van der Waals surface area contributed by atoms with Crippen molar-refractivity contribution in [2.45, 2.75) is 78.9 Å². The van der Waals surface area contributed by atoms with E-state index >= 15 is 0 Å². The molecule has 3 atom stereocenters. The predicted molar refractivity (Wildman–Crippen MR) is 110 cm³/mol. The summed E-state index contributed by atoms with van der Waals surface area (Å²) in [6.07, 6.45) is 4.42. The second kappa shape index (κ2) is 10.0. The fourth-order valence-electron chi connectivity index (χ4n) is 3.40. The number of nitrogens with zero attached hydrogens (tertiary/aromatic N) is 1. The van der Waals surface area contributed by atoms with Crippen molar-refractivity contribution in [1.82, 2.24) is 15.5 Å². The molecule has 3 N–H and O–H groups in total. The molecule has 0 radical (unpaired) electrons. The van der Waals surface area contributed by atoms with Crippen molar-refractivity contribution in [3.05, 3.63) is 11.6 Å². The van der Waals surface area contributed by atoms with Gasteiger partial charge in [0.25, 0.3) is 0 Å². The molecule has 0 aliphatic carbocycles. The van der Waals surface area contributed by atoms with E-state index in [1.54, 1.807) is 18.0 Å². The number of aliphatic carboxylic acids is 1. The number of rotatable bonds is 7. The standard InChI is InChI=1S/C21H37N3O4/c1-13(2)16(12-14(3)20(27)28)24(7)19(26)17(21(4,5)6)23-18(25)15-10-8-9-11-22-15/h12-13,15-17,22H,8-11H2,1-7H3,(H,23,25)(H,27,28)/b14-12+/t15-,16-,17-/m1/s1. The molecule has 0 bridgehead atoms. The van der Waals surface area contributed by atoms with Crippen LogP contribution in [0.2, 0.25) is 0 Å². The lowest BCUT2D eigenvalue weighted by atomic mass is 9.84. The Morgan fingerprint density at radius 1 is 1.21 bits per heavy atom. The third-order valence-electron chi connectivity index (χ3n) is 5.26. The molecule has 1 rings (SSSR count). The van der Waals surface area contributed by atoms with Crippen LogP contribution < -0.4 is 10.6 Å². The van der Waals surface area contributed by atoms with Crippen molar-refractivity contribution < 1.29 is 19.5 Å². The van der Waals surface area contributed by atoms with Gasteiger partial charge in [0.1, 0.15) is 6.04 Å². The van der Waals surface area contributed by atoms with E-state index in [-0.39, 0.29) is 35.4 Å². The molecule has 0 saturated carbocycles. The molecule has 0 aromatic rings. The molecule has 7 heteroatoms. The molecule has 1 aliphatic heterocycles. The average Bonchev–Trinajstić information content (AvgIpc) is 2.61. The Balaban J connectivity index is 3.05. The summed E-state index contributed by atoms with van der Waals surface area (Å²) in [4.78, 5) is 38.8. The molecule has 28 heavy (non-hydrogen) atoms. The lowest BCUT2D eigenvalue weighted by Crippen LogP contribution is -2.59. The zero-order chi connectivity index (χ0) is 21.6. The molecule has 0 aromatic heterocycles. The van der Waals surface area contributed by atoms with Gasteiger partial charge in [0.15, 0.2) is 0 Å². The minimum Gasteiger partial charge on any atom is -0.478 e. The van der Waals surface area contributed by atoms with Crippen LogP contribution in [0.25, 0.3) is 0 Å². The van der Waals surface area contributed by atoms with Gasteiger partial charge in [-0.2, -0.15) is 0 Å². The van der Waals surface area contributed by atoms with Gasteiger partial charge in [-0.15, -0.1) is 0 Å². The summed E-state index contributed by atoms with van der Waals surface area (Å²) in [6.45, 7) is 12.0. The molecule has 7 nitrogen and oxygen atoms in total. The van der Waals surface area contributed by atoms with Gasteiger partial charge in [-0.25, -0.2) is 4.79 Å². The van der Waals surface area contributed by atoms with Crippen molar-refractivity contribution >= 4 is 17.8 Å². The van der Waals surface area contributed by atoms with Crippen molar-refractivity contribution in [3.63, 3.8) is 0 Å². The minimum absolute atomic E-state index is 0.0274. The van der Waals surface area contributed by atoms with Crippen LogP contribution >= 0.6 is 0 Å². The summed E-state index contributed by atoms with van der Waals surface area (Å²) >= 11 is 0. The third-order valence-corrected chi connectivity index (χ3v) is 5.26. The molecule has 2 amide bonds. The fraction of sp³-hybridized carbons (Fsp3) is 0.762. The second-order valence-corrected chi connectivity index (χ2v) is 9.15. The van der Waals surface area contributed by atoms with Crippen molar-refractivity contribution in [3.8, 4) is 0 Å². The summed E-state index contributed by atoms with van der Waals surface area (Å²) < 4.78 is 0. The lowest BCUT2D eigenvalue weighted by Gasteiger charge is -2.38. The number of likely N-dealkylation sites (N-methyl/N-ethyl adjacent to an activating group) is 1. The van der Waals surface area contributed by atoms with E-state index in [0.717, 1.165) is 25.8 Å². The monoisotopic (exact) mass is 395 g/mol. The molecule has 0 spiro atoms. The summed E-state index contributed by atoms with van der Waals surface area (Å²) in [5, 5.41) is 15.4. The number of hydrogen-bond donors (Lipinski definition) is 3. The lowest BCUT2D eigenvalue weighted by molar-refractivity contribution is -0.140. The maximum absolute atomic E-state index is 13.3. The zero-order valence-corrected chi connectivity index (χ0v) is 18.3. The van der Waals surface area contributed by atoms with E-state index in [9.17, 15) is 19.5 Å². The summed E-state index contributed by atoms with van der Waals surface area (Å²) in [5.41, 5.74) is -0.288. The highest BCUT2D eigenvalue weighted by atomic mass is 16.4. The highest BCUT2D eigenvalue weighted by Crippen LogP contribution is 2.24. The number of hydrogen-bond acceptors (Lipinski definition) is 4. The van der Waals surface area contributed by atoms with Gasteiger partial charge in [-0.05, 0) is 37.6 Å². The van der Waals surface area contributed by atoms with Crippen LogP contribution in [0.15, 0.2) is 11.6 Å². The van der Waals surface area contributed by atoms with Crippen molar-refractivity contribution in [2.24, 2.45) is 11.3 Å². The largest absolute Gasteiger partial charge is 0.478 e. The number of carbonyl (C=O) groups is 3. The van der Waals surface area contributed by atoms with E-state index in [2.05, 4.69) is 10.6 Å². The highest BCUT2D eigenvalue weighted by molar-refractivity contribution is 5.91. The number of carboxylic acids is 1. The van der Waals surface area contributed by atoms with Crippen LogP contribution in [-0.2, 0) is 14.4 Å². The topological polar surface area (TPSA) is 98.7 Å². The maximum atomic E-state index is 13.3. The van der Waals surface area contributed by atoms with Gasteiger partial charge in [-0.3, -0.25) is 9.59 Å². The van der Waals surface area contributed by atoms with Gasteiger partial charge in [0, 0.05) is 12.6 Å². The van der Waals surface area contributed by atoms with E-state index < -0.39 is 17.4 Å². The van der Waals surface area contributed by atoms with Gasteiger partial charge in [0.05, 0.1) is 12.1 Å². The van der Waals surface area contributed by atoms with Crippen LogP contribution in [0.3, 0.4) is 0 Å². The van der Waals surface area contributed by atoms with E-state index in [4.69, 9.17) is 0 Å². The first-order valence-electron chi connectivity index (χ1n) is 10.1. The Kier molecular flexibility index (Phi) is 8.67. The number of amides is 2. The quantitative estimate of drug-likeness (QED) is 0.574. The predicted octanol–water partition coefficient (Wildman–Crippen LogP) is 2.17. The van der Waals surface area contributed by atoms with Gasteiger partial charge < -0.3 is 20.6 Å². The Hall–Kier alpha value is -1.89. The normalized spacial score (nSPS) is 20.4.